The van der Waals surface area contributed by atoms with Gasteiger partial charge in [-0.1, -0.05) is 25.5 Å². The molecule has 0 saturated heterocycles. The van der Waals surface area contributed by atoms with Crippen molar-refractivity contribution in [2.45, 2.75) is 46.1 Å². The van der Waals surface area contributed by atoms with E-state index in [9.17, 15) is 14.7 Å². The minimum Gasteiger partial charge on any atom is -0.497 e. The number of amides is 1. The van der Waals surface area contributed by atoms with E-state index in [1.807, 2.05) is 6.92 Å². The highest BCUT2D eigenvalue weighted by atomic mass is 16.5. The van der Waals surface area contributed by atoms with E-state index < -0.39 is 11.9 Å². The maximum Gasteiger partial charge on any atom is 0.335 e. The fourth-order valence-corrected chi connectivity index (χ4v) is 3.62. The lowest BCUT2D eigenvalue weighted by Gasteiger charge is -2.20. The second-order valence-electron chi connectivity index (χ2n) is 7.88. The number of aromatic nitrogens is 3. The van der Waals surface area contributed by atoms with E-state index >= 15 is 0 Å². The Morgan fingerprint density at radius 2 is 1.83 bits per heavy atom. The van der Waals surface area contributed by atoms with E-state index in [0.29, 0.717) is 28.6 Å². The lowest BCUT2D eigenvalue weighted by atomic mass is 10.1. The van der Waals surface area contributed by atoms with Gasteiger partial charge in [0.1, 0.15) is 22.9 Å². The maximum atomic E-state index is 13.2. The summed E-state index contributed by atoms with van der Waals surface area (Å²) in [6.07, 6.45) is 2.48. The van der Waals surface area contributed by atoms with Gasteiger partial charge in [0.2, 0.25) is 0 Å². The minimum absolute atomic E-state index is 0.0256. The van der Waals surface area contributed by atoms with Crippen LogP contribution in [0.25, 0.3) is 5.69 Å². The zero-order valence-electron chi connectivity index (χ0n) is 20.5. The van der Waals surface area contributed by atoms with Gasteiger partial charge in [0.25, 0.3) is 5.91 Å². The third-order valence-electron chi connectivity index (χ3n) is 5.56. The summed E-state index contributed by atoms with van der Waals surface area (Å²) in [7, 11) is 3.08. The summed E-state index contributed by atoms with van der Waals surface area (Å²) >= 11 is 0. The van der Waals surface area contributed by atoms with Crippen molar-refractivity contribution in [1.82, 2.24) is 15.0 Å². The molecule has 1 amide bonds. The molecular weight excluding hydrogens is 452 g/mol. The van der Waals surface area contributed by atoms with Crippen molar-refractivity contribution in [1.29, 1.82) is 0 Å². The zero-order valence-corrected chi connectivity index (χ0v) is 20.5. The third-order valence-corrected chi connectivity index (χ3v) is 5.56. The molecule has 0 aliphatic rings. The summed E-state index contributed by atoms with van der Waals surface area (Å²) in [5.74, 6) is -0.154. The number of rotatable bonds is 11. The molecule has 2 N–H and O–H groups in total. The minimum atomic E-state index is -1.11. The van der Waals surface area contributed by atoms with E-state index in [-0.39, 0.29) is 23.0 Å². The van der Waals surface area contributed by atoms with E-state index in [4.69, 9.17) is 14.2 Å². The first kappa shape index (κ1) is 25.5. The molecule has 10 nitrogen and oxygen atoms in total. The monoisotopic (exact) mass is 482 g/mol. The molecule has 0 spiro atoms. The molecule has 0 unspecified atom stereocenters. The first-order valence-electron chi connectivity index (χ1n) is 11.3. The zero-order chi connectivity index (χ0) is 25.5. The molecule has 0 saturated carbocycles. The predicted molar refractivity (Wildman–Crippen MR) is 130 cm³/mol. The van der Waals surface area contributed by atoms with Gasteiger partial charge in [-0.05, 0) is 50.1 Å². The Hall–Kier alpha value is -4.08. The number of nitrogens with one attached hydrogen (secondary N) is 1. The van der Waals surface area contributed by atoms with Crippen LogP contribution in [0, 0.1) is 6.92 Å². The highest BCUT2D eigenvalue weighted by Crippen LogP contribution is 2.31. The molecule has 0 radical (unpaired) electrons. The number of carboxylic acids is 1. The molecule has 3 aromatic rings. The summed E-state index contributed by atoms with van der Waals surface area (Å²) < 4.78 is 18.3. The summed E-state index contributed by atoms with van der Waals surface area (Å²) in [4.78, 5) is 24.7. The Kier molecular flexibility index (Phi) is 8.30. The fourth-order valence-electron chi connectivity index (χ4n) is 3.62. The SMILES string of the molecule is CCC[C@H](CC)Oc1ccc(C(=O)O)cc1NC(=O)c1nnn(-c2cc(OC)ccc2OC)c1C. The van der Waals surface area contributed by atoms with Gasteiger partial charge in [-0.15, -0.1) is 5.10 Å². The van der Waals surface area contributed by atoms with Gasteiger partial charge in [-0.25, -0.2) is 9.48 Å². The maximum absolute atomic E-state index is 13.2. The molecule has 1 atom stereocenters. The molecule has 186 valence electrons. The Morgan fingerprint density at radius 3 is 2.46 bits per heavy atom. The number of carbonyl (C=O) groups excluding carboxylic acids is 1. The molecule has 1 heterocycles. The smallest absolute Gasteiger partial charge is 0.335 e. The Morgan fingerprint density at radius 1 is 1.09 bits per heavy atom. The number of hydrogen-bond donors (Lipinski definition) is 2. The molecule has 2 aromatic carbocycles. The molecule has 10 heteroatoms. The van der Waals surface area contributed by atoms with E-state index in [2.05, 4.69) is 22.6 Å². The van der Waals surface area contributed by atoms with Crippen LogP contribution in [0.2, 0.25) is 0 Å². The average molecular weight is 483 g/mol. The summed E-state index contributed by atoms with van der Waals surface area (Å²) in [5, 5.41) is 20.4. The molecule has 0 aliphatic carbocycles. The lowest BCUT2D eigenvalue weighted by molar-refractivity contribution is 0.0696. The van der Waals surface area contributed by atoms with Crippen molar-refractivity contribution < 1.29 is 28.9 Å². The van der Waals surface area contributed by atoms with Gasteiger partial charge in [0, 0.05) is 6.07 Å². The van der Waals surface area contributed by atoms with Crippen LogP contribution in [0.3, 0.4) is 0 Å². The number of aromatic carboxylic acids is 1. The van der Waals surface area contributed by atoms with Gasteiger partial charge < -0.3 is 24.6 Å². The first-order chi connectivity index (χ1) is 16.8. The van der Waals surface area contributed by atoms with Gasteiger partial charge in [0.15, 0.2) is 5.69 Å². The van der Waals surface area contributed by atoms with Crippen molar-refractivity contribution in [2.75, 3.05) is 19.5 Å². The van der Waals surface area contributed by atoms with Crippen molar-refractivity contribution in [2.24, 2.45) is 0 Å². The van der Waals surface area contributed by atoms with Crippen molar-refractivity contribution >= 4 is 17.6 Å². The molecular formula is C25H30N4O6. The molecule has 0 fully saturated rings. The number of nitrogens with zero attached hydrogens (tertiary/aromatic N) is 3. The second-order valence-corrected chi connectivity index (χ2v) is 7.88. The normalized spacial score (nSPS) is 11.6. The molecule has 3 rings (SSSR count). The largest absolute Gasteiger partial charge is 0.497 e. The van der Waals surface area contributed by atoms with Crippen molar-refractivity contribution in [3.63, 3.8) is 0 Å². The molecule has 0 aliphatic heterocycles. The number of methoxy groups -OCH3 is 2. The average Bonchev–Trinajstić information content (AvgIpc) is 3.25. The van der Waals surface area contributed by atoms with Crippen molar-refractivity contribution in [3.8, 4) is 22.9 Å². The second kappa shape index (κ2) is 11.4. The highest BCUT2D eigenvalue weighted by molar-refractivity contribution is 6.05. The van der Waals surface area contributed by atoms with Gasteiger partial charge >= 0.3 is 5.97 Å². The Balaban J connectivity index is 1.95. The van der Waals surface area contributed by atoms with Crippen LogP contribution in [-0.2, 0) is 0 Å². The first-order valence-corrected chi connectivity index (χ1v) is 11.3. The third kappa shape index (κ3) is 5.71. The fraction of sp³-hybridized carbons (Fsp3) is 0.360. The standard InChI is InChI=1S/C25H30N4O6/c1-6-8-17(7-2)35-21-11-9-16(25(31)32)13-19(21)26-24(30)23-15(3)29(28-27-23)20-14-18(33-4)10-12-22(20)34-5/h9-14,17H,6-8H2,1-5H3,(H,26,30)(H,31,32)/t17-/m0/s1. The Bertz CT molecular complexity index is 1210. The highest BCUT2D eigenvalue weighted by Gasteiger charge is 2.22. The van der Waals surface area contributed by atoms with Crippen molar-refractivity contribution in [3.05, 3.63) is 53.3 Å². The summed E-state index contributed by atoms with van der Waals surface area (Å²) in [6.45, 7) is 5.78. The quantitative estimate of drug-likeness (QED) is 0.409. The predicted octanol–water partition coefficient (Wildman–Crippen LogP) is 4.50. The van der Waals surface area contributed by atoms with Gasteiger partial charge in [-0.2, -0.15) is 0 Å². The summed E-state index contributed by atoms with van der Waals surface area (Å²) in [6, 6.07) is 9.59. The Labute approximate surface area is 203 Å². The number of benzene rings is 2. The van der Waals surface area contributed by atoms with E-state index in [0.717, 1.165) is 19.3 Å². The number of carbonyl (C=O) groups is 2. The van der Waals surface area contributed by atoms with Gasteiger partial charge in [-0.3, -0.25) is 4.79 Å². The lowest BCUT2D eigenvalue weighted by Crippen LogP contribution is -2.19. The van der Waals surface area contributed by atoms with E-state index in [1.54, 1.807) is 38.3 Å². The van der Waals surface area contributed by atoms with Crippen LogP contribution in [-0.4, -0.2) is 52.3 Å². The van der Waals surface area contributed by atoms with Crippen LogP contribution in [0.4, 0.5) is 5.69 Å². The number of ether oxygens (including phenoxy) is 3. The number of carboxylic acid groups (broad SMARTS) is 1. The summed E-state index contributed by atoms with van der Waals surface area (Å²) in [5.41, 5.74) is 1.36. The van der Waals surface area contributed by atoms with E-state index in [1.165, 1.54) is 23.9 Å². The molecule has 35 heavy (non-hydrogen) atoms. The van der Waals surface area contributed by atoms with Crippen LogP contribution in [0.1, 0.15) is 59.7 Å². The van der Waals surface area contributed by atoms with Crippen LogP contribution in [0.15, 0.2) is 36.4 Å². The molecule has 0 bridgehead atoms. The topological polar surface area (TPSA) is 125 Å². The number of anilines is 1. The molecule has 1 aromatic heterocycles. The van der Waals surface area contributed by atoms with Crippen LogP contribution >= 0.6 is 0 Å². The van der Waals surface area contributed by atoms with Gasteiger partial charge in [0.05, 0.1) is 37.3 Å². The number of hydrogen-bond acceptors (Lipinski definition) is 7. The van der Waals surface area contributed by atoms with Crippen LogP contribution in [0.5, 0.6) is 17.2 Å². The van der Waals surface area contributed by atoms with Crippen LogP contribution < -0.4 is 19.5 Å².